The lowest BCUT2D eigenvalue weighted by Gasteiger charge is -2.24. The Morgan fingerprint density at radius 3 is 1.72 bits per heavy atom. The molecule has 0 aromatic heterocycles. The lowest BCUT2D eigenvalue weighted by atomic mass is 10.0. The number of hydrogen-bond acceptors (Lipinski definition) is 4. The smallest absolute Gasteiger partial charge is 0.326 e. The molecule has 0 heterocycles. The van der Waals surface area contributed by atoms with Gasteiger partial charge in [-0.2, -0.15) is 0 Å². The van der Waals surface area contributed by atoms with Gasteiger partial charge in [-0.05, 0) is 18.8 Å². The van der Waals surface area contributed by atoms with E-state index in [1.54, 1.807) is 13.8 Å². The van der Waals surface area contributed by atoms with E-state index in [1.165, 1.54) is 51.4 Å². The molecule has 0 aromatic rings. The summed E-state index contributed by atoms with van der Waals surface area (Å²) in [5.41, 5.74) is 5.06. The average Bonchev–Trinajstić information content (AvgIpc) is 2.72. The first-order valence-electron chi connectivity index (χ1n) is 12.3. The zero-order valence-corrected chi connectivity index (χ0v) is 20.3. The van der Waals surface area contributed by atoms with Crippen molar-refractivity contribution in [3.63, 3.8) is 0 Å². The summed E-state index contributed by atoms with van der Waals surface area (Å²) < 4.78 is 0. The van der Waals surface area contributed by atoms with Crippen LogP contribution in [0.15, 0.2) is 0 Å². The predicted molar refractivity (Wildman–Crippen MR) is 126 cm³/mol. The Balaban J connectivity index is 4.19. The van der Waals surface area contributed by atoms with Gasteiger partial charge in [0.1, 0.15) is 12.1 Å². The van der Waals surface area contributed by atoms with Gasteiger partial charge in [0, 0.05) is 12.8 Å². The maximum Gasteiger partial charge on any atom is 0.326 e. The van der Waals surface area contributed by atoms with Crippen LogP contribution in [0.25, 0.3) is 0 Å². The normalized spacial score (nSPS) is 12.9. The number of rotatable bonds is 20. The molecular weight excluding hydrogens is 410 g/mol. The van der Waals surface area contributed by atoms with E-state index in [4.69, 9.17) is 5.73 Å². The number of carbonyl (C=O) groups is 4. The molecule has 0 aliphatic heterocycles. The lowest BCUT2D eigenvalue weighted by molar-refractivity contribution is -0.142. The molecule has 0 aliphatic carbocycles. The van der Waals surface area contributed by atoms with E-state index in [2.05, 4.69) is 17.6 Å². The summed E-state index contributed by atoms with van der Waals surface area (Å²) in [6.07, 6.45) is 13.3. The predicted octanol–water partition coefficient (Wildman–Crippen LogP) is 3.66. The molecule has 32 heavy (non-hydrogen) atoms. The zero-order valence-electron chi connectivity index (χ0n) is 20.3. The van der Waals surface area contributed by atoms with Crippen LogP contribution in [-0.4, -0.2) is 40.9 Å². The molecular formula is C24H45N3O5. The first-order valence-corrected chi connectivity index (χ1v) is 12.3. The summed E-state index contributed by atoms with van der Waals surface area (Å²) >= 11 is 0. The minimum Gasteiger partial charge on any atom is -0.480 e. The summed E-state index contributed by atoms with van der Waals surface area (Å²) in [6.45, 7) is 5.79. The highest BCUT2D eigenvalue weighted by Crippen LogP contribution is 2.12. The fraction of sp³-hybridized carbons (Fsp3) is 0.833. The summed E-state index contributed by atoms with van der Waals surface area (Å²) in [4.78, 5) is 47.1. The molecule has 0 aliphatic rings. The van der Waals surface area contributed by atoms with Gasteiger partial charge in [-0.3, -0.25) is 14.4 Å². The highest BCUT2D eigenvalue weighted by atomic mass is 16.4. The molecule has 2 atom stereocenters. The van der Waals surface area contributed by atoms with E-state index in [1.807, 2.05) is 0 Å². The van der Waals surface area contributed by atoms with Crippen LogP contribution in [0.1, 0.15) is 111 Å². The standard InChI is InChI=1S/C24H45N3O5/c1-4-5-6-7-8-9-10-11-12-13-14-15-21(29)27-22(18(2)3)23(30)26-19(24(31)32)16-17-20(25)28/h18-19,22H,4-17H2,1-3H3,(H2,25,28)(H,26,30)(H,27,29)(H,31,32)/t19-,22-/m0/s1. The Morgan fingerprint density at radius 2 is 1.28 bits per heavy atom. The van der Waals surface area contributed by atoms with Gasteiger partial charge in [-0.25, -0.2) is 4.79 Å². The molecule has 5 N–H and O–H groups in total. The first-order chi connectivity index (χ1) is 15.2. The van der Waals surface area contributed by atoms with Crippen molar-refractivity contribution in [3.8, 4) is 0 Å². The number of unbranched alkanes of at least 4 members (excludes halogenated alkanes) is 10. The highest BCUT2D eigenvalue weighted by molar-refractivity contribution is 5.90. The molecule has 0 saturated heterocycles. The molecule has 0 aromatic carbocycles. The maximum atomic E-state index is 12.5. The Labute approximate surface area is 193 Å². The number of amides is 3. The van der Waals surface area contributed by atoms with Crippen molar-refractivity contribution in [2.24, 2.45) is 11.7 Å². The third-order valence-electron chi connectivity index (χ3n) is 5.57. The van der Waals surface area contributed by atoms with Crippen LogP contribution in [0, 0.1) is 5.92 Å². The van der Waals surface area contributed by atoms with Crippen molar-refractivity contribution >= 4 is 23.7 Å². The van der Waals surface area contributed by atoms with Gasteiger partial charge >= 0.3 is 5.97 Å². The third-order valence-corrected chi connectivity index (χ3v) is 5.57. The molecule has 0 saturated carbocycles. The minimum atomic E-state index is -1.24. The third kappa shape index (κ3) is 15.6. The first kappa shape index (κ1) is 29.9. The monoisotopic (exact) mass is 455 g/mol. The summed E-state index contributed by atoms with van der Waals surface area (Å²) in [5, 5.41) is 14.4. The van der Waals surface area contributed by atoms with Crippen LogP contribution in [-0.2, 0) is 19.2 Å². The van der Waals surface area contributed by atoms with Gasteiger partial charge in [0.15, 0.2) is 0 Å². The molecule has 0 bridgehead atoms. The zero-order chi connectivity index (χ0) is 24.4. The second-order valence-corrected chi connectivity index (χ2v) is 8.98. The molecule has 0 rings (SSSR count). The number of hydrogen-bond donors (Lipinski definition) is 4. The van der Waals surface area contributed by atoms with E-state index < -0.39 is 29.9 Å². The number of aliphatic carboxylic acids is 1. The van der Waals surface area contributed by atoms with E-state index in [9.17, 15) is 24.3 Å². The van der Waals surface area contributed by atoms with Gasteiger partial charge in [0.25, 0.3) is 0 Å². The highest BCUT2D eigenvalue weighted by Gasteiger charge is 2.28. The Kier molecular flexibility index (Phi) is 17.2. The van der Waals surface area contributed by atoms with Crippen molar-refractivity contribution < 1.29 is 24.3 Å². The minimum absolute atomic E-state index is 0.0894. The van der Waals surface area contributed by atoms with Crippen LogP contribution in [0.4, 0.5) is 0 Å². The molecule has 0 radical (unpaired) electrons. The van der Waals surface area contributed by atoms with Crippen LogP contribution < -0.4 is 16.4 Å². The van der Waals surface area contributed by atoms with E-state index in [0.29, 0.717) is 6.42 Å². The topological polar surface area (TPSA) is 139 Å². The second-order valence-electron chi connectivity index (χ2n) is 8.98. The second kappa shape index (κ2) is 18.5. The van der Waals surface area contributed by atoms with E-state index in [0.717, 1.165) is 19.3 Å². The van der Waals surface area contributed by atoms with Gasteiger partial charge in [0.2, 0.25) is 17.7 Å². The molecule has 3 amide bonds. The van der Waals surface area contributed by atoms with Crippen molar-refractivity contribution in [3.05, 3.63) is 0 Å². The number of primary amides is 1. The Hall–Kier alpha value is -2.12. The molecule has 0 unspecified atom stereocenters. The lowest BCUT2D eigenvalue weighted by Crippen LogP contribution is -2.53. The van der Waals surface area contributed by atoms with Crippen LogP contribution >= 0.6 is 0 Å². The average molecular weight is 456 g/mol. The fourth-order valence-electron chi connectivity index (χ4n) is 3.54. The van der Waals surface area contributed by atoms with Gasteiger partial charge < -0.3 is 21.5 Å². The number of nitrogens with one attached hydrogen (secondary N) is 2. The number of nitrogens with two attached hydrogens (primary N) is 1. The van der Waals surface area contributed by atoms with Gasteiger partial charge in [-0.1, -0.05) is 85.0 Å². The number of carboxylic acids is 1. The maximum absolute atomic E-state index is 12.5. The molecule has 0 fully saturated rings. The van der Waals surface area contributed by atoms with E-state index in [-0.39, 0.29) is 24.7 Å². The molecule has 0 spiro atoms. The van der Waals surface area contributed by atoms with Crippen molar-refractivity contribution in [1.29, 1.82) is 0 Å². The molecule has 8 nitrogen and oxygen atoms in total. The largest absolute Gasteiger partial charge is 0.480 e. The van der Waals surface area contributed by atoms with Crippen LogP contribution in [0.3, 0.4) is 0 Å². The van der Waals surface area contributed by atoms with Crippen molar-refractivity contribution in [2.45, 2.75) is 123 Å². The van der Waals surface area contributed by atoms with E-state index >= 15 is 0 Å². The summed E-state index contributed by atoms with van der Waals surface area (Å²) in [6, 6.07) is -2.05. The Bertz CT molecular complexity index is 566. The van der Waals surface area contributed by atoms with Gasteiger partial charge in [0.05, 0.1) is 0 Å². The fourth-order valence-corrected chi connectivity index (χ4v) is 3.54. The molecule has 8 heteroatoms. The Morgan fingerprint density at radius 1 is 0.781 bits per heavy atom. The summed E-state index contributed by atoms with van der Waals surface area (Å²) in [7, 11) is 0. The SMILES string of the molecule is CCCCCCCCCCCCCC(=O)N[C@H](C(=O)N[C@@H](CCC(N)=O)C(=O)O)C(C)C. The van der Waals surface area contributed by atoms with Crippen molar-refractivity contribution in [2.75, 3.05) is 0 Å². The van der Waals surface area contributed by atoms with Gasteiger partial charge in [-0.15, -0.1) is 0 Å². The number of carbonyl (C=O) groups excluding carboxylic acids is 3. The van der Waals surface area contributed by atoms with Crippen molar-refractivity contribution in [1.82, 2.24) is 10.6 Å². The van der Waals surface area contributed by atoms with Crippen LogP contribution in [0.2, 0.25) is 0 Å². The van der Waals surface area contributed by atoms with Crippen LogP contribution in [0.5, 0.6) is 0 Å². The molecule has 186 valence electrons. The number of carboxylic acid groups (broad SMARTS) is 1. The summed E-state index contributed by atoms with van der Waals surface area (Å²) in [5.74, 6) is -2.86. The quantitative estimate of drug-likeness (QED) is 0.207.